The molecule has 254 valence electrons. The Hall–Kier alpha value is -4.52. The Balaban J connectivity index is 0.000000784. The lowest BCUT2D eigenvalue weighted by Gasteiger charge is -2.23. The Morgan fingerprint density at radius 1 is 1.09 bits per heavy atom. The van der Waals surface area contributed by atoms with Crippen molar-refractivity contribution in [3.8, 4) is 17.0 Å². The monoisotopic (exact) mass is 660 g/mol. The van der Waals surface area contributed by atoms with Gasteiger partial charge < -0.3 is 20.3 Å². The molecule has 2 aromatic heterocycles. The third kappa shape index (κ3) is 9.06. The molecule has 0 saturated carbocycles. The first kappa shape index (κ1) is 36.9. The second-order valence-corrected chi connectivity index (χ2v) is 11.7. The van der Waals surface area contributed by atoms with Gasteiger partial charge in [-0.2, -0.15) is 18.3 Å². The summed E-state index contributed by atoms with van der Waals surface area (Å²) in [5.41, 5.74) is 1.18. The molecule has 3 N–H and O–H groups in total. The average molecular weight is 661 g/mol. The highest BCUT2D eigenvalue weighted by Crippen LogP contribution is 2.39. The summed E-state index contributed by atoms with van der Waals surface area (Å²) >= 11 is 0. The van der Waals surface area contributed by atoms with Crippen molar-refractivity contribution in [3.05, 3.63) is 81.4 Å². The van der Waals surface area contributed by atoms with E-state index < -0.39 is 48.0 Å². The molecule has 1 amide bonds. The molecular formula is C34H40F4N4O5. The van der Waals surface area contributed by atoms with Crippen molar-refractivity contribution in [1.29, 1.82) is 0 Å². The van der Waals surface area contributed by atoms with Gasteiger partial charge >= 0.3 is 12.1 Å². The molecule has 0 radical (unpaired) electrons. The number of carbonyl (C=O) groups excluding carboxylic acids is 1. The van der Waals surface area contributed by atoms with Crippen LogP contribution in [0.5, 0.6) is 5.75 Å². The van der Waals surface area contributed by atoms with Crippen molar-refractivity contribution in [2.45, 2.75) is 86.1 Å². The number of nitrogens with one attached hydrogen (secondary N) is 1. The van der Waals surface area contributed by atoms with Crippen molar-refractivity contribution in [2.24, 2.45) is 0 Å². The van der Waals surface area contributed by atoms with Crippen LogP contribution in [-0.2, 0) is 30.4 Å². The molecule has 0 bridgehead atoms. The van der Waals surface area contributed by atoms with Gasteiger partial charge in [-0.1, -0.05) is 32.0 Å². The Morgan fingerprint density at radius 3 is 2.34 bits per heavy atom. The van der Waals surface area contributed by atoms with Crippen LogP contribution in [0.4, 0.5) is 17.6 Å². The third-order valence-electron chi connectivity index (χ3n) is 6.92. The van der Waals surface area contributed by atoms with Crippen LogP contribution >= 0.6 is 0 Å². The van der Waals surface area contributed by atoms with E-state index in [1.807, 2.05) is 13.8 Å². The number of aliphatic hydroxyl groups is 1. The number of hydrogen-bond acceptors (Lipinski definition) is 6. The number of carboxylic acids is 1. The summed E-state index contributed by atoms with van der Waals surface area (Å²) in [4.78, 5) is 29.2. The zero-order valence-corrected chi connectivity index (χ0v) is 27.5. The number of aliphatic carboxylic acids is 1. The van der Waals surface area contributed by atoms with Gasteiger partial charge in [0.25, 0.3) is 5.91 Å². The lowest BCUT2D eigenvalue weighted by Crippen LogP contribution is -2.25. The molecule has 0 atom stereocenters. The van der Waals surface area contributed by atoms with E-state index in [-0.39, 0.29) is 33.9 Å². The molecule has 0 spiro atoms. The predicted molar refractivity (Wildman–Crippen MR) is 169 cm³/mol. The minimum Gasteiger partial charge on any atom is -0.490 e. The summed E-state index contributed by atoms with van der Waals surface area (Å²) in [5, 5.41) is 24.9. The maximum absolute atomic E-state index is 15.2. The van der Waals surface area contributed by atoms with Gasteiger partial charge in [0.2, 0.25) is 0 Å². The molecule has 0 unspecified atom stereocenters. The van der Waals surface area contributed by atoms with E-state index in [1.165, 1.54) is 34.8 Å². The molecule has 0 fully saturated rings. The number of benzene rings is 2. The summed E-state index contributed by atoms with van der Waals surface area (Å²) in [5.74, 6) is -2.34. The predicted octanol–water partition coefficient (Wildman–Crippen LogP) is 6.86. The molecule has 4 aromatic rings. The fraction of sp³-hybridized carbons (Fsp3) is 0.412. The largest absolute Gasteiger partial charge is 0.490 e. The van der Waals surface area contributed by atoms with Crippen LogP contribution in [0.25, 0.3) is 16.9 Å². The molecule has 13 heteroatoms. The zero-order valence-electron chi connectivity index (χ0n) is 27.5. The standard InChI is InChI=1S/C28H24F4N4O4.C4H10O.C2H6/c1-14-17-7-5-9-40-26(17)21(29)10-18(14)25-19(11-24(37)38)15(2)34-23-12-22(35-36(23)25)27(39)33-13-16-6-3-4-8-20(16)28(30,31)32;1-4(2,3)5;1-2/h3-4,6,8,10,12H,5,7,9,11,13H2,1-2H3,(H,33,39)(H,37,38);5H,1-3H3;1-2H3. The first-order chi connectivity index (χ1) is 22.0. The number of aryl methyl sites for hydroxylation is 1. The Bertz CT molecular complexity index is 1750. The van der Waals surface area contributed by atoms with Gasteiger partial charge in [-0.15, -0.1) is 0 Å². The normalized spacial score (nSPS) is 12.6. The quantitative estimate of drug-likeness (QED) is 0.193. The lowest BCUT2D eigenvalue weighted by molar-refractivity contribution is -0.138. The van der Waals surface area contributed by atoms with E-state index in [4.69, 9.17) is 9.84 Å². The molecule has 0 saturated heterocycles. The van der Waals surface area contributed by atoms with E-state index >= 15 is 4.39 Å². The van der Waals surface area contributed by atoms with E-state index in [0.717, 1.165) is 6.07 Å². The number of alkyl halides is 3. The number of carboxylic acid groups (broad SMARTS) is 1. The van der Waals surface area contributed by atoms with E-state index in [2.05, 4.69) is 15.4 Å². The molecule has 3 heterocycles. The number of ether oxygens (including phenoxy) is 1. The zero-order chi connectivity index (χ0) is 35.3. The molecule has 9 nitrogen and oxygen atoms in total. The van der Waals surface area contributed by atoms with Gasteiger partial charge in [0, 0.05) is 35.0 Å². The molecular weight excluding hydrogens is 620 g/mol. The van der Waals surface area contributed by atoms with Gasteiger partial charge in [-0.3, -0.25) is 9.59 Å². The number of fused-ring (bicyclic) bond motifs is 2. The summed E-state index contributed by atoms with van der Waals surface area (Å²) < 4.78 is 62.1. The first-order valence-electron chi connectivity index (χ1n) is 15.2. The number of hydrogen-bond donors (Lipinski definition) is 3. The first-order valence-corrected chi connectivity index (χ1v) is 15.2. The molecule has 1 aliphatic heterocycles. The minimum atomic E-state index is -4.59. The maximum Gasteiger partial charge on any atom is 0.416 e. The van der Waals surface area contributed by atoms with Gasteiger partial charge in [-0.25, -0.2) is 13.9 Å². The second-order valence-electron chi connectivity index (χ2n) is 11.7. The lowest BCUT2D eigenvalue weighted by atomic mass is 9.91. The molecule has 47 heavy (non-hydrogen) atoms. The smallest absolute Gasteiger partial charge is 0.416 e. The molecule has 2 aromatic carbocycles. The fourth-order valence-corrected chi connectivity index (χ4v) is 5.03. The summed E-state index contributed by atoms with van der Waals surface area (Å²) in [7, 11) is 0. The van der Waals surface area contributed by atoms with Crippen molar-refractivity contribution in [2.75, 3.05) is 6.61 Å². The van der Waals surface area contributed by atoms with Gasteiger partial charge in [0.1, 0.15) is 0 Å². The van der Waals surface area contributed by atoms with E-state index in [1.54, 1.807) is 34.6 Å². The topological polar surface area (TPSA) is 126 Å². The molecule has 1 aliphatic rings. The highest BCUT2D eigenvalue weighted by atomic mass is 19.4. The maximum atomic E-state index is 15.2. The van der Waals surface area contributed by atoms with E-state index in [0.29, 0.717) is 41.8 Å². The molecule has 5 rings (SSSR count). The van der Waals surface area contributed by atoms with Crippen LogP contribution in [-0.4, -0.2) is 48.9 Å². The second kappa shape index (κ2) is 14.9. The number of rotatable bonds is 6. The van der Waals surface area contributed by atoms with Gasteiger partial charge in [0.15, 0.2) is 22.9 Å². The SMILES string of the molecule is CC.CC(C)(C)O.Cc1nc2cc(C(=O)NCc3ccccc3C(F)(F)F)nn2c(-c2cc(F)c3c(c2C)CCCO3)c1CC(=O)O. The number of nitrogens with zero attached hydrogens (tertiary/aromatic N) is 3. The van der Waals surface area contributed by atoms with Gasteiger partial charge in [-0.05, 0) is 70.7 Å². The van der Waals surface area contributed by atoms with Crippen LogP contribution in [0, 0.1) is 19.7 Å². The van der Waals surface area contributed by atoms with Crippen molar-refractivity contribution in [3.63, 3.8) is 0 Å². The number of amides is 1. The fourth-order valence-electron chi connectivity index (χ4n) is 5.03. The summed E-state index contributed by atoms with van der Waals surface area (Å²) in [6.45, 7) is 12.6. The van der Waals surface area contributed by atoms with Crippen LogP contribution in [0.15, 0.2) is 36.4 Å². The van der Waals surface area contributed by atoms with Crippen LogP contribution < -0.4 is 10.1 Å². The van der Waals surface area contributed by atoms with Crippen molar-refractivity contribution < 1.29 is 42.1 Å². The van der Waals surface area contributed by atoms with Gasteiger partial charge in [0.05, 0.1) is 29.9 Å². The van der Waals surface area contributed by atoms with Crippen LogP contribution in [0.2, 0.25) is 0 Å². The highest BCUT2D eigenvalue weighted by molar-refractivity contribution is 5.93. The number of aromatic nitrogens is 3. The molecule has 0 aliphatic carbocycles. The van der Waals surface area contributed by atoms with Crippen molar-refractivity contribution >= 4 is 17.5 Å². The van der Waals surface area contributed by atoms with E-state index in [9.17, 15) is 27.9 Å². The third-order valence-corrected chi connectivity index (χ3v) is 6.92. The van der Waals surface area contributed by atoms with Crippen molar-refractivity contribution in [1.82, 2.24) is 19.9 Å². The Labute approximate surface area is 270 Å². The Morgan fingerprint density at radius 2 is 1.72 bits per heavy atom. The minimum absolute atomic E-state index is 0.118. The highest BCUT2D eigenvalue weighted by Gasteiger charge is 2.33. The number of carbonyl (C=O) groups is 2. The average Bonchev–Trinajstić information content (AvgIpc) is 3.41. The Kier molecular flexibility index (Phi) is 11.7. The van der Waals surface area contributed by atoms with Crippen LogP contribution in [0.3, 0.4) is 0 Å². The van der Waals surface area contributed by atoms with Crippen LogP contribution in [0.1, 0.15) is 85.0 Å². The number of halogens is 4. The summed E-state index contributed by atoms with van der Waals surface area (Å²) in [6.07, 6.45) is -3.77. The summed E-state index contributed by atoms with van der Waals surface area (Å²) in [6, 6.07) is 7.51.